The molecule has 2 aromatic heterocycles. The van der Waals surface area contributed by atoms with E-state index in [1.54, 1.807) is 19.3 Å². The standard InChI is InChI=1S/C20H15ClFN3O/c1-12(26)13-5-6-18-17(10-13)24-11-25(18)15-4-2-3-14(9-15)16-7-8-23-20(21)19(16)22/h2-12,26H,1H3. The number of halogens is 2. The second-order valence-electron chi connectivity index (χ2n) is 6.05. The highest BCUT2D eigenvalue weighted by molar-refractivity contribution is 6.29. The molecule has 4 nitrogen and oxygen atoms in total. The molecule has 0 aliphatic rings. The quantitative estimate of drug-likeness (QED) is 0.522. The van der Waals surface area contributed by atoms with Crippen molar-refractivity contribution in [3.05, 3.63) is 77.6 Å². The molecule has 2 aromatic carbocycles. The van der Waals surface area contributed by atoms with Gasteiger partial charge in [0.2, 0.25) is 0 Å². The Labute approximate surface area is 154 Å². The van der Waals surface area contributed by atoms with Crippen molar-refractivity contribution in [1.29, 1.82) is 0 Å². The molecule has 4 aromatic rings. The minimum absolute atomic E-state index is 0.147. The minimum atomic E-state index is -0.549. The number of rotatable bonds is 3. The summed E-state index contributed by atoms with van der Waals surface area (Å²) in [5.41, 5.74) is 4.44. The molecule has 6 heteroatoms. The summed E-state index contributed by atoms with van der Waals surface area (Å²) in [6.07, 6.45) is 2.65. The van der Waals surface area contributed by atoms with Crippen LogP contribution >= 0.6 is 11.6 Å². The number of aromatic nitrogens is 3. The molecule has 2 heterocycles. The maximum absolute atomic E-state index is 14.3. The lowest BCUT2D eigenvalue weighted by molar-refractivity contribution is 0.199. The molecule has 0 saturated carbocycles. The second kappa shape index (κ2) is 6.52. The van der Waals surface area contributed by atoms with E-state index in [1.165, 1.54) is 6.20 Å². The number of hydrogen-bond acceptors (Lipinski definition) is 3. The molecule has 0 amide bonds. The minimum Gasteiger partial charge on any atom is -0.389 e. The monoisotopic (exact) mass is 367 g/mol. The summed E-state index contributed by atoms with van der Waals surface area (Å²) >= 11 is 5.80. The smallest absolute Gasteiger partial charge is 0.168 e. The van der Waals surface area contributed by atoms with Gasteiger partial charge < -0.3 is 5.11 Å². The van der Waals surface area contributed by atoms with Crippen molar-refractivity contribution in [2.75, 3.05) is 0 Å². The highest BCUT2D eigenvalue weighted by Crippen LogP contribution is 2.29. The Morgan fingerprint density at radius 1 is 1.12 bits per heavy atom. The van der Waals surface area contributed by atoms with Crippen LogP contribution in [0.1, 0.15) is 18.6 Å². The maximum Gasteiger partial charge on any atom is 0.168 e. The van der Waals surface area contributed by atoms with E-state index in [2.05, 4.69) is 9.97 Å². The highest BCUT2D eigenvalue weighted by atomic mass is 35.5. The van der Waals surface area contributed by atoms with Crippen molar-refractivity contribution in [2.24, 2.45) is 0 Å². The maximum atomic E-state index is 14.3. The van der Waals surface area contributed by atoms with Gasteiger partial charge in [0, 0.05) is 17.4 Å². The van der Waals surface area contributed by atoms with Crippen molar-refractivity contribution in [2.45, 2.75) is 13.0 Å². The van der Waals surface area contributed by atoms with E-state index in [9.17, 15) is 9.50 Å². The Bertz CT molecular complexity index is 1110. The summed E-state index contributed by atoms with van der Waals surface area (Å²) < 4.78 is 16.2. The van der Waals surface area contributed by atoms with Crippen molar-refractivity contribution in [1.82, 2.24) is 14.5 Å². The molecular formula is C20H15ClFN3O. The van der Waals surface area contributed by atoms with Gasteiger partial charge in [-0.15, -0.1) is 0 Å². The lowest BCUT2D eigenvalue weighted by atomic mass is 10.1. The zero-order chi connectivity index (χ0) is 18.3. The SMILES string of the molecule is CC(O)c1ccc2c(c1)ncn2-c1cccc(-c2ccnc(Cl)c2F)c1. The molecule has 26 heavy (non-hydrogen) atoms. The van der Waals surface area contributed by atoms with Crippen LogP contribution in [0.15, 0.2) is 61.1 Å². The molecule has 0 radical (unpaired) electrons. The van der Waals surface area contributed by atoms with E-state index >= 15 is 0 Å². The predicted octanol–water partition coefficient (Wildman–Crippen LogP) is 4.93. The first kappa shape index (κ1) is 16.7. The van der Waals surface area contributed by atoms with Crippen LogP contribution in [0, 0.1) is 5.82 Å². The highest BCUT2D eigenvalue weighted by Gasteiger charge is 2.12. The first-order chi connectivity index (χ1) is 12.5. The van der Waals surface area contributed by atoms with Crippen molar-refractivity contribution in [3.63, 3.8) is 0 Å². The van der Waals surface area contributed by atoms with E-state index in [-0.39, 0.29) is 5.15 Å². The van der Waals surface area contributed by atoms with Gasteiger partial charge in [0.1, 0.15) is 6.33 Å². The molecule has 0 aliphatic heterocycles. The number of aliphatic hydroxyl groups is 1. The summed E-state index contributed by atoms with van der Waals surface area (Å²) in [5.74, 6) is -0.539. The molecule has 130 valence electrons. The first-order valence-electron chi connectivity index (χ1n) is 8.10. The van der Waals surface area contributed by atoms with Crippen molar-refractivity contribution >= 4 is 22.6 Å². The normalized spacial score (nSPS) is 12.5. The molecule has 4 rings (SSSR count). The zero-order valence-corrected chi connectivity index (χ0v) is 14.7. The second-order valence-corrected chi connectivity index (χ2v) is 6.41. The Hall–Kier alpha value is -2.76. The molecule has 0 fully saturated rings. The molecule has 0 spiro atoms. The first-order valence-corrected chi connectivity index (χ1v) is 8.48. The third kappa shape index (κ3) is 2.85. The van der Waals surface area contributed by atoms with Gasteiger partial charge in [-0.1, -0.05) is 29.8 Å². The number of aliphatic hydroxyl groups excluding tert-OH is 1. The Kier molecular flexibility index (Phi) is 4.18. The van der Waals surface area contributed by atoms with Gasteiger partial charge in [-0.3, -0.25) is 4.57 Å². The van der Waals surface area contributed by atoms with Gasteiger partial charge in [-0.05, 0) is 48.4 Å². The van der Waals surface area contributed by atoms with E-state index in [0.717, 1.165) is 22.3 Å². The van der Waals surface area contributed by atoms with Crippen LogP contribution in [0.2, 0.25) is 5.15 Å². The van der Waals surface area contributed by atoms with E-state index in [0.29, 0.717) is 11.1 Å². The Morgan fingerprint density at radius 3 is 2.77 bits per heavy atom. The lowest BCUT2D eigenvalue weighted by Gasteiger charge is -2.09. The number of fused-ring (bicyclic) bond motifs is 1. The molecule has 1 unspecified atom stereocenters. The van der Waals surface area contributed by atoms with Gasteiger partial charge in [0.05, 0.1) is 17.1 Å². The summed E-state index contributed by atoms with van der Waals surface area (Å²) in [6.45, 7) is 1.72. The predicted molar refractivity (Wildman–Crippen MR) is 99.9 cm³/mol. The third-order valence-corrected chi connectivity index (χ3v) is 4.60. The summed E-state index contributed by atoms with van der Waals surface area (Å²) in [7, 11) is 0. The number of benzene rings is 2. The number of hydrogen-bond donors (Lipinski definition) is 1. The Morgan fingerprint density at radius 2 is 1.96 bits per heavy atom. The Balaban J connectivity index is 1.82. The zero-order valence-electron chi connectivity index (χ0n) is 13.9. The van der Waals surface area contributed by atoms with Gasteiger partial charge in [-0.25, -0.2) is 14.4 Å². The largest absolute Gasteiger partial charge is 0.389 e. The van der Waals surface area contributed by atoms with Crippen LogP contribution in [-0.2, 0) is 0 Å². The molecule has 0 aliphatic carbocycles. The van der Waals surface area contributed by atoms with E-state index < -0.39 is 11.9 Å². The molecule has 1 N–H and O–H groups in total. The summed E-state index contributed by atoms with van der Waals surface area (Å²) in [6, 6.07) is 14.7. The molecule has 0 bridgehead atoms. The van der Waals surface area contributed by atoms with E-state index in [1.807, 2.05) is 47.0 Å². The lowest BCUT2D eigenvalue weighted by Crippen LogP contribution is -1.95. The van der Waals surface area contributed by atoms with Gasteiger partial charge >= 0.3 is 0 Å². The fourth-order valence-electron chi connectivity index (χ4n) is 2.96. The summed E-state index contributed by atoms with van der Waals surface area (Å²) in [5, 5.41) is 9.59. The van der Waals surface area contributed by atoms with Gasteiger partial charge in [-0.2, -0.15) is 0 Å². The van der Waals surface area contributed by atoms with Crippen LogP contribution in [0.4, 0.5) is 4.39 Å². The van der Waals surface area contributed by atoms with Crippen molar-refractivity contribution < 1.29 is 9.50 Å². The van der Waals surface area contributed by atoms with Gasteiger partial charge in [0.25, 0.3) is 0 Å². The van der Waals surface area contributed by atoms with Crippen LogP contribution in [0.5, 0.6) is 0 Å². The topological polar surface area (TPSA) is 50.9 Å². The van der Waals surface area contributed by atoms with Crippen molar-refractivity contribution in [3.8, 4) is 16.8 Å². The van der Waals surface area contributed by atoms with Crippen LogP contribution in [-0.4, -0.2) is 19.6 Å². The van der Waals surface area contributed by atoms with Crippen LogP contribution in [0.3, 0.4) is 0 Å². The van der Waals surface area contributed by atoms with Gasteiger partial charge in [0.15, 0.2) is 11.0 Å². The molecular weight excluding hydrogens is 353 g/mol. The average molecular weight is 368 g/mol. The molecule has 1 atom stereocenters. The number of imidazole rings is 1. The van der Waals surface area contributed by atoms with E-state index in [4.69, 9.17) is 11.6 Å². The number of nitrogens with zero attached hydrogens (tertiary/aromatic N) is 3. The fraction of sp³-hybridized carbons (Fsp3) is 0.100. The van der Waals surface area contributed by atoms with Crippen LogP contribution < -0.4 is 0 Å². The fourth-order valence-corrected chi connectivity index (χ4v) is 3.12. The number of pyridine rings is 1. The summed E-state index contributed by atoms with van der Waals surface area (Å²) in [4.78, 5) is 8.17. The third-order valence-electron chi connectivity index (χ3n) is 4.34. The molecule has 0 saturated heterocycles. The average Bonchev–Trinajstić information content (AvgIpc) is 3.07. The van der Waals surface area contributed by atoms with Crippen LogP contribution in [0.25, 0.3) is 27.8 Å².